The maximum atomic E-state index is 9.90. The Labute approximate surface area is 174 Å². The maximum absolute atomic E-state index is 9.90. The molecule has 1 N–H and O–H groups in total. The summed E-state index contributed by atoms with van der Waals surface area (Å²) in [7, 11) is 4.06. The molecule has 1 saturated carbocycles. The van der Waals surface area contributed by atoms with Gasteiger partial charge in [-0.05, 0) is 51.6 Å². The normalized spacial score (nSPS) is 20.9. The monoisotopic (exact) mass is 400 g/mol. The van der Waals surface area contributed by atoms with Crippen LogP contribution in [0, 0.1) is 5.92 Å². The van der Waals surface area contributed by atoms with Gasteiger partial charge < -0.3 is 14.7 Å². The molecule has 2 heterocycles. The van der Waals surface area contributed by atoms with E-state index in [1.807, 2.05) is 26.5 Å². The Balaban J connectivity index is 1.92. The van der Waals surface area contributed by atoms with Gasteiger partial charge in [0, 0.05) is 30.9 Å². The van der Waals surface area contributed by atoms with Gasteiger partial charge in [0.25, 0.3) is 0 Å². The summed E-state index contributed by atoms with van der Waals surface area (Å²) in [6, 6.07) is 0. The van der Waals surface area contributed by atoms with E-state index < -0.39 is 0 Å². The molecule has 0 spiro atoms. The lowest BCUT2D eigenvalue weighted by atomic mass is 9.82. The van der Waals surface area contributed by atoms with Crippen molar-refractivity contribution in [3.8, 4) is 5.88 Å². The van der Waals surface area contributed by atoms with E-state index in [2.05, 4.69) is 28.7 Å². The number of pyridine rings is 1. The minimum absolute atomic E-state index is 0.167. The van der Waals surface area contributed by atoms with Crippen LogP contribution in [0.2, 0.25) is 0 Å². The predicted octanol–water partition coefficient (Wildman–Crippen LogP) is 3.96. The minimum atomic E-state index is -0.167. The number of aliphatic hydroxyl groups is 1. The number of rotatable bonds is 9. The zero-order valence-corrected chi connectivity index (χ0v) is 18.4. The van der Waals surface area contributed by atoms with Crippen molar-refractivity contribution in [2.45, 2.75) is 70.8 Å². The van der Waals surface area contributed by atoms with E-state index in [9.17, 15) is 5.11 Å². The van der Waals surface area contributed by atoms with Crippen LogP contribution in [0.4, 0.5) is 0 Å². The van der Waals surface area contributed by atoms with E-state index in [0.717, 1.165) is 55.4 Å². The largest absolute Gasteiger partial charge is 0.476 e. The van der Waals surface area contributed by atoms with Crippen molar-refractivity contribution < 1.29 is 9.84 Å². The molecule has 2 aromatic heterocycles. The van der Waals surface area contributed by atoms with Crippen LogP contribution < -0.4 is 4.74 Å². The van der Waals surface area contributed by atoms with E-state index in [4.69, 9.17) is 9.72 Å². The number of hydrogen-bond donors (Lipinski definition) is 1. The highest BCUT2D eigenvalue weighted by Crippen LogP contribution is 2.37. The number of hydrogen-bond acceptors (Lipinski definition) is 6. The molecule has 0 saturated heterocycles. The zero-order chi connectivity index (χ0) is 20.8. The summed E-state index contributed by atoms with van der Waals surface area (Å²) in [4.78, 5) is 16.4. The molecule has 6 heteroatoms. The Morgan fingerprint density at radius 1 is 1.17 bits per heavy atom. The van der Waals surface area contributed by atoms with Crippen LogP contribution in [-0.4, -0.2) is 58.3 Å². The highest BCUT2D eigenvalue weighted by molar-refractivity contribution is 5.85. The van der Waals surface area contributed by atoms with E-state index in [0.29, 0.717) is 24.3 Å². The molecule has 1 atom stereocenters. The van der Waals surface area contributed by atoms with Crippen LogP contribution in [-0.2, 0) is 6.42 Å². The Hall–Kier alpha value is -1.79. The number of aromatic nitrogens is 3. The summed E-state index contributed by atoms with van der Waals surface area (Å²) in [5.74, 6) is 2.49. The highest BCUT2D eigenvalue weighted by atomic mass is 16.5. The van der Waals surface area contributed by atoms with Crippen molar-refractivity contribution in [3.05, 3.63) is 23.8 Å². The lowest BCUT2D eigenvalue weighted by molar-refractivity contribution is 0.122. The first-order chi connectivity index (χ1) is 14.0. The fourth-order valence-electron chi connectivity index (χ4n) is 4.18. The van der Waals surface area contributed by atoms with Gasteiger partial charge in [0.2, 0.25) is 5.88 Å². The average molecular weight is 401 g/mol. The van der Waals surface area contributed by atoms with E-state index >= 15 is 0 Å². The van der Waals surface area contributed by atoms with Crippen LogP contribution in [0.15, 0.2) is 12.4 Å². The fraction of sp³-hybridized carbons (Fsp3) is 0.696. The number of ether oxygens (including phenoxy) is 1. The van der Waals surface area contributed by atoms with Crippen molar-refractivity contribution >= 4 is 10.9 Å². The van der Waals surface area contributed by atoms with Crippen molar-refractivity contribution in [2.75, 3.05) is 27.2 Å². The number of nitrogens with zero attached hydrogens (tertiary/aromatic N) is 4. The molecule has 2 aromatic rings. The smallest absolute Gasteiger partial charge is 0.224 e. The first kappa shape index (κ1) is 21.9. The van der Waals surface area contributed by atoms with Gasteiger partial charge in [-0.2, -0.15) is 0 Å². The third kappa shape index (κ3) is 5.86. The van der Waals surface area contributed by atoms with Gasteiger partial charge in [-0.15, -0.1) is 0 Å². The summed E-state index contributed by atoms with van der Waals surface area (Å²) in [5.41, 5.74) is 2.16. The molecule has 1 aliphatic rings. The van der Waals surface area contributed by atoms with Gasteiger partial charge >= 0.3 is 0 Å². The molecule has 160 valence electrons. The summed E-state index contributed by atoms with van der Waals surface area (Å²) in [6.45, 7) is 5.90. The second-order valence-electron chi connectivity index (χ2n) is 8.82. The van der Waals surface area contributed by atoms with E-state index in [1.165, 1.54) is 18.4 Å². The molecule has 0 radical (unpaired) electrons. The standard InChI is InChI=1S/C23H36N4O2/c1-5-6-16(2)13-21-24-15-20-22(26-21)19(17-7-9-18(28)10-8-17)14-25-23(20)29-12-11-27(3)4/h14-18,28H,5-13H2,1-4H3. The molecule has 3 rings (SSSR count). The SMILES string of the molecule is CCCC(C)Cc1ncc2c(OCCN(C)C)ncc(C3CCC(O)CC3)c2n1. The Kier molecular flexibility index (Phi) is 7.78. The van der Waals surface area contributed by atoms with Gasteiger partial charge in [-0.1, -0.05) is 26.7 Å². The summed E-state index contributed by atoms with van der Waals surface area (Å²) >= 11 is 0. The van der Waals surface area contributed by atoms with Gasteiger partial charge in [0.1, 0.15) is 12.4 Å². The van der Waals surface area contributed by atoms with E-state index in [-0.39, 0.29) is 6.10 Å². The molecule has 1 fully saturated rings. The van der Waals surface area contributed by atoms with Gasteiger partial charge in [-0.3, -0.25) is 0 Å². The average Bonchev–Trinajstić information content (AvgIpc) is 2.68. The molecule has 0 amide bonds. The third-order valence-electron chi connectivity index (χ3n) is 5.89. The molecule has 0 bridgehead atoms. The Morgan fingerprint density at radius 2 is 1.93 bits per heavy atom. The lowest BCUT2D eigenvalue weighted by Crippen LogP contribution is -2.20. The number of likely N-dealkylation sites (N-methyl/N-ethyl adjacent to an activating group) is 1. The van der Waals surface area contributed by atoms with Gasteiger partial charge in [0.05, 0.1) is 17.0 Å². The minimum Gasteiger partial charge on any atom is -0.476 e. The highest BCUT2D eigenvalue weighted by Gasteiger charge is 2.24. The summed E-state index contributed by atoms with van der Waals surface area (Å²) in [6.07, 6.45) is 10.6. The lowest BCUT2D eigenvalue weighted by Gasteiger charge is -2.26. The van der Waals surface area contributed by atoms with E-state index in [1.54, 1.807) is 0 Å². The van der Waals surface area contributed by atoms with Crippen molar-refractivity contribution in [1.29, 1.82) is 0 Å². The molecule has 6 nitrogen and oxygen atoms in total. The molecule has 29 heavy (non-hydrogen) atoms. The maximum Gasteiger partial charge on any atom is 0.224 e. The molecule has 0 aliphatic heterocycles. The van der Waals surface area contributed by atoms with Crippen molar-refractivity contribution in [2.24, 2.45) is 5.92 Å². The summed E-state index contributed by atoms with van der Waals surface area (Å²) < 4.78 is 5.98. The predicted molar refractivity (Wildman–Crippen MR) is 116 cm³/mol. The second kappa shape index (κ2) is 10.3. The molecule has 0 aromatic carbocycles. The second-order valence-corrected chi connectivity index (χ2v) is 8.82. The Bertz CT molecular complexity index is 788. The number of fused-ring (bicyclic) bond motifs is 1. The molecule has 1 unspecified atom stereocenters. The Morgan fingerprint density at radius 3 is 2.62 bits per heavy atom. The van der Waals surface area contributed by atoms with Crippen LogP contribution in [0.25, 0.3) is 10.9 Å². The van der Waals surface area contributed by atoms with Crippen molar-refractivity contribution in [3.63, 3.8) is 0 Å². The molecular formula is C23H36N4O2. The van der Waals surface area contributed by atoms with Crippen molar-refractivity contribution in [1.82, 2.24) is 19.9 Å². The van der Waals surface area contributed by atoms with Gasteiger partial charge in [0.15, 0.2) is 0 Å². The topological polar surface area (TPSA) is 71.4 Å². The fourth-order valence-corrected chi connectivity index (χ4v) is 4.18. The van der Waals surface area contributed by atoms with Gasteiger partial charge in [-0.25, -0.2) is 15.0 Å². The molecular weight excluding hydrogens is 364 g/mol. The van der Waals surface area contributed by atoms with Crippen LogP contribution >= 0.6 is 0 Å². The van der Waals surface area contributed by atoms with Crippen LogP contribution in [0.5, 0.6) is 5.88 Å². The first-order valence-electron chi connectivity index (χ1n) is 11.1. The summed E-state index contributed by atoms with van der Waals surface area (Å²) in [5, 5.41) is 10.8. The quantitative estimate of drug-likeness (QED) is 0.687. The third-order valence-corrected chi connectivity index (χ3v) is 5.89. The van der Waals surface area contributed by atoms with Crippen LogP contribution in [0.1, 0.15) is 69.7 Å². The first-order valence-corrected chi connectivity index (χ1v) is 11.1. The zero-order valence-electron chi connectivity index (χ0n) is 18.4. The van der Waals surface area contributed by atoms with Crippen LogP contribution in [0.3, 0.4) is 0 Å². The number of aliphatic hydroxyl groups excluding tert-OH is 1. The molecule has 1 aliphatic carbocycles.